The summed E-state index contributed by atoms with van der Waals surface area (Å²) in [7, 11) is 0. The summed E-state index contributed by atoms with van der Waals surface area (Å²) in [6.07, 6.45) is 1.23. The Morgan fingerprint density at radius 2 is 1.88 bits per heavy atom. The maximum atomic E-state index is 12.8. The fourth-order valence-corrected chi connectivity index (χ4v) is 1.52. The lowest BCUT2D eigenvalue weighted by Crippen LogP contribution is -2.35. The molecule has 0 fully saturated rings. The summed E-state index contributed by atoms with van der Waals surface area (Å²) in [5.41, 5.74) is 0. The smallest absolute Gasteiger partial charge is 0.123 e. The molecule has 0 aromatic heterocycles. The molecule has 1 aromatic rings. The van der Waals surface area contributed by atoms with Gasteiger partial charge in [-0.25, -0.2) is 4.39 Å². The van der Waals surface area contributed by atoms with Crippen molar-refractivity contribution in [3.63, 3.8) is 0 Å². The minimum absolute atomic E-state index is 0.118. The monoisotopic (exact) mass is 239 g/mol. The van der Waals surface area contributed by atoms with Crippen molar-refractivity contribution in [2.75, 3.05) is 13.1 Å². The molecule has 0 bridgehead atoms. The first-order chi connectivity index (χ1) is 8.13. The first kappa shape index (κ1) is 14.0. The van der Waals surface area contributed by atoms with Gasteiger partial charge >= 0.3 is 0 Å². The number of hydrogen-bond donors (Lipinski definition) is 1. The minimum Gasteiger partial charge on any atom is -0.489 e. The highest BCUT2D eigenvalue weighted by molar-refractivity contribution is 5.22. The molecular formula is C14H22FNO. The Morgan fingerprint density at radius 3 is 2.41 bits per heavy atom. The third-order valence-electron chi connectivity index (χ3n) is 2.62. The third-order valence-corrected chi connectivity index (χ3v) is 2.62. The van der Waals surface area contributed by atoms with Crippen molar-refractivity contribution in [2.24, 2.45) is 5.92 Å². The van der Waals surface area contributed by atoms with Crippen LogP contribution in [0.3, 0.4) is 0 Å². The molecule has 0 saturated carbocycles. The molecule has 0 aliphatic carbocycles. The summed E-state index contributed by atoms with van der Waals surface area (Å²) >= 11 is 0. The molecule has 1 aromatic carbocycles. The molecule has 3 heteroatoms. The normalized spacial score (nSPS) is 12.8. The first-order valence-corrected chi connectivity index (χ1v) is 6.26. The highest BCUT2D eigenvalue weighted by Gasteiger charge is 2.14. The van der Waals surface area contributed by atoms with Crippen LogP contribution in [-0.2, 0) is 0 Å². The van der Waals surface area contributed by atoms with Gasteiger partial charge in [-0.3, -0.25) is 0 Å². The van der Waals surface area contributed by atoms with E-state index in [0.717, 1.165) is 25.3 Å². The fraction of sp³-hybridized carbons (Fsp3) is 0.571. The number of nitrogens with one attached hydrogen (secondary N) is 1. The number of halogens is 1. The van der Waals surface area contributed by atoms with Crippen molar-refractivity contribution in [3.05, 3.63) is 30.1 Å². The van der Waals surface area contributed by atoms with Crippen LogP contribution in [0.5, 0.6) is 5.75 Å². The molecule has 1 atom stereocenters. The Hall–Kier alpha value is -1.09. The second-order valence-corrected chi connectivity index (χ2v) is 4.56. The largest absolute Gasteiger partial charge is 0.489 e. The Kier molecular flexibility index (Phi) is 5.98. The van der Waals surface area contributed by atoms with Gasteiger partial charge in [0.2, 0.25) is 0 Å². The zero-order valence-corrected chi connectivity index (χ0v) is 10.9. The highest BCUT2D eigenvalue weighted by Crippen LogP contribution is 2.16. The average molecular weight is 239 g/mol. The van der Waals surface area contributed by atoms with E-state index in [1.54, 1.807) is 12.1 Å². The maximum Gasteiger partial charge on any atom is 0.123 e. The van der Waals surface area contributed by atoms with Crippen LogP contribution in [-0.4, -0.2) is 19.2 Å². The lowest BCUT2D eigenvalue weighted by molar-refractivity contribution is 0.149. The highest BCUT2D eigenvalue weighted by atomic mass is 19.1. The van der Waals surface area contributed by atoms with E-state index in [1.807, 2.05) is 0 Å². The second kappa shape index (κ2) is 7.28. The summed E-state index contributed by atoms with van der Waals surface area (Å²) in [5, 5.41) is 3.35. The summed E-state index contributed by atoms with van der Waals surface area (Å²) < 4.78 is 18.6. The maximum absolute atomic E-state index is 12.8. The first-order valence-electron chi connectivity index (χ1n) is 6.26. The van der Waals surface area contributed by atoms with E-state index in [0.29, 0.717) is 5.92 Å². The van der Waals surface area contributed by atoms with Gasteiger partial charge in [-0.2, -0.15) is 0 Å². The van der Waals surface area contributed by atoms with Gasteiger partial charge in [-0.1, -0.05) is 20.8 Å². The molecule has 96 valence electrons. The van der Waals surface area contributed by atoms with Gasteiger partial charge in [0, 0.05) is 6.54 Å². The molecule has 1 rings (SSSR count). The van der Waals surface area contributed by atoms with E-state index in [9.17, 15) is 4.39 Å². The van der Waals surface area contributed by atoms with Crippen molar-refractivity contribution < 1.29 is 9.13 Å². The zero-order chi connectivity index (χ0) is 12.7. The summed E-state index contributed by atoms with van der Waals surface area (Å²) in [4.78, 5) is 0. The second-order valence-electron chi connectivity index (χ2n) is 4.56. The van der Waals surface area contributed by atoms with Crippen molar-refractivity contribution in [2.45, 2.75) is 33.3 Å². The van der Waals surface area contributed by atoms with Gasteiger partial charge in [0.1, 0.15) is 17.7 Å². The number of rotatable bonds is 7. The standard InChI is InChI=1S/C14H22FNO/c1-4-9-16-10-14(11(2)3)17-13-7-5-12(15)6-8-13/h5-8,11,14,16H,4,9-10H2,1-3H3. The van der Waals surface area contributed by atoms with Gasteiger partial charge < -0.3 is 10.1 Å². The van der Waals surface area contributed by atoms with Gasteiger partial charge in [-0.05, 0) is 43.1 Å². The Labute approximate surface area is 103 Å². The Bertz CT molecular complexity index is 311. The van der Waals surface area contributed by atoms with Crippen molar-refractivity contribution >= 4 is 0 Å². The van der Waals surface area contributed by atoms with Crippen LogP contribution in [0.2, 0.25) is 0 Å². The molecule has 0 amide bonds. The molecule has 0 heterocycles. The van der Waals surface area contributed by atoms with Crippen molar-refractivity contribution in [1.29, 1.82) is 0 Å². The predicted octanol–water partition coefficient (Wildman–Crippen LogP) is 3.23. The molecule has 17 heavy (non-hydrogen) atoms. The van der Waals surface area contributed by atoms with Crippen LogP contribution >= 0.6 is 0 Å². The summed E-state index contributed by atoms with van der Waals surface area (Å²) in [5.74, 6) is 0.912. The SMILES string of the molecule is CCCNCC(Oc1ccc(F)cc1)C(C)C. The van der Waals surface area contributed by atoms with Gasteiger partial charge in [0.25, 0.3) is 0 Å². The topological polar surface area (TPSA) is 21.3 Å². The molecule has 2 nitrogen and oxygen atoms in total. The molecule has 0 radical (unpaired) electrons. The lowest BCUT2D eigenvalue weighted by Gasteiger charge is -2.23. The van der Waals surface area contributed by atoms with Crippen molar-refractivity contribution in [3.8, 4) is 5.75 Å². The van der Waals surface area contributed by atoms with E-state index in [1.165, 1.54) is 12.1 Å². The van der Waals surface area contributed by atoms with E-state index < -0.39 is 0 Å². The van der Waals surface area contributed by atoms with E-state index >= 15 is 0 Å². The van der Waals surface area contributed by atoms with Crippen molar-refractivity contribution in [1.82, 2.24) is 5.32 Å². The van der Waals surface area contributed by atoms with Crippen LogP contribution in [0.4, 0.5) is 4.39 Å². The zero-order valence-electron chi connectivity index (χ0n) is 10.9. The Balaban J connectivity index is 2.51. The molecule has 1 unspecified atom stereocenters. The summed E-state index contributed by atoms with van der Waals surface area (Å²) in [6.45, 7) is 8.21. The number of benzene rings is 1. The molecular weight excluding hydrogens is 217 g/mol. The van der Waals surface area contributed by atoms with E-state index in [2.05, 4.69) is 26.1 Å². The third kappa shape index (κ3) is 5.18. The number of ether oxygens (including phenoxy) is 1. The quantitative estimate of drug-likeness (QED) is 0.738. The van der Waals surface area contributed by atoms with Gasteiger partial charge in [0.05, 0.1) is 0 Å². The Morgan fingerprint density at radius 1 is 1.24 bits per heavy atom. The van der Waals surface area contributed by atoms with Gasteiger partial charge in [-0.15, -0.1) is 0 Å². The fourth-order valence-electron chi connectivity index (χ4n) is 1.52. The number of hydrogen-bond acceptors (Lipinski definition) is 2. The van der Waals surface area contributed by atoms with Crippen LogP contribution in [0, 0.1) is 11.7 Å². The van der Waals surface area contributed by atoms with E-state index in [4.69, 9.17) is 4.74 Å². The van der Waals surface area contributed by atoms with Crippen LogP contribution in [0.15, 0.2) is 24.3 Å². The summed E-state index contributed by atoms with van der Waals surface area (Å²) in [6, 6.07) is 6.19. The van der Waals surface area contributed by atoms with E-state index in [-0.39, 0.29) is 11.9 Å². The predicted molar refractivity (Wildman–Crippen MR) is 68.8 cm³/mol. The molecule has 1 N–H and O–H groups in total. The molecule has 0 saturated heterocycles. The average Bonchev–Trinajstić information content (AvgIpc) is 2.30. The lowest BCUT2D eigenvalue weighted by atomic mass is 10.1. The molecule has 0 aliphatic heterocycles. The molecule has 0 spiro atoms. The van der Waals surface area contributed by atoms with Crippen LogP contribution < -0.4 is 10.1 Å². The van der Waals surface area contributed by atoms with Gasteiger partial charge in [0.15, 0.2) is 0 Å². The van der Waals surface area contributed by atoms with Crippen LogP contribution in [0.25, 0.3) is 0 Å². The van der Waals surface area contributed by atoms with Crippen LogP contribution in [0.1, 0.15) is 27.2 Å². The molecule has 0 aliphatic rings. The minimum atomic E-state index is -0.234.